The maximum atomic E-state index is 14.7. The highest BCUT2D eigenvalue weighted by Gasteiger charge is 2.36. The van der Waals surface area contributed by atoms with Gasteiger partial charge in [0.25, 0.3) is 0 Å². The Labute approximate surface area is 196 Å². The maximum Gasteiger partial charge on any atom is 0.445 e. The van der Waals surface area contributed by atoms with Crippen molar-refractivity contribution in [1.82, 2.24) is 10.2 Å². The summed E-state index contributed by atoms with van der Waals surface area (Å²) in [6.07, 6.45) is -4.64. The highest BCUT2D eigenvalue weighted by molar-refractivity contribution is 7.14. The van der Waals surface area contributed by atoms with E-state index in [0.29, 0.717) is 34.1 Å². The summed E-state index contributed by atoms with van der Waals surface area (Å²) in [6, 6.07) is 16.1. The van der Waals surface area contributed by atoms with Gasteiger partial charge in [0.2, 0.25) is 5.01 Å². The van der Waals surface area contributed by atoms with Crippen molar-refractivity contribution in [3.8, 4) is 38.9 Å². The van der Waals surface area contributed by atoms with E-state index in [1.54, 1.807) is 31.4 Å². The molecule has 0 N–H and O–H groups in total. The predicted molar refractivity (Wildman–Crippen MR) is 120 cm³/mol. The number of benzene rings is 3. The van der Waals surface area contributed by atoms with Crippen LogP contribution in [-0.2, 0) is 12.8 Å². The summed E-state index contributed by atoms with van der Waals surface area (Å²) in [5.74, 6) is 0.916. The van der Waals surface area contributed by atoms with E-state index in [1.165, 1.54) is 31.4 Å². The summed E-state index contributed by atoms with van der Waals surface area (Å²) in [7, 11) is 3.01. The van der Waals surface area contributed by atoms with E-state index in [4.69, 9.17) is 14.2 Å². The topological polar surface area (TPSA) is 53.5 Å². The average molecular weight is 490 g/mol. The molecule has 1 aromatic heterocycles. The minimum absolute atomic E-state index is 0.0144. The summed E-state index contributed by atoms with van der Waals surface area (Å²) in [6.45, 7) is 0.209. The van der Waals surface area contributed by atoms with E-state index < -0.39 is 17.0 Å². The van der Waals surface area contributed by atoms with Crippen molar-refractivity contribution in [2.24, 2.45) is 0 Å². The van der Waals surface area contributed by atoms with E-state index in [9.17, 15) is 17.6 Å². The van der Waals surface area contributed by atoms with Gasteiger partial charge in [0.05, 0.1) is 14.2 Å². The molecule has 0 spiro atoms. The van der Waals surface area contributed by atoms with Gasteiger partial charge in [-0.1, -0.05) is 23.5 Å². The van der Waals surface area contributed by atoms with Crippen LogP contribution in [0.15, 0.2) is 60.7 Å². The van der Waals surface area contributed by atoms with Crippen LogP contribution in [0.25, 0.3) is 21.7 Å². The number of aromatic nitrogens is 2. The molecule has 4 aromatic rings. The SMILES string of the molecule is COc1ccc(COc2ccc(-c3cc(OC)ccc3F)c(-c3nnc(C(F)(F)F)s3)c2)cc1. The molecule has 0 aliphatic carbocycles. The minimum atomic E-state index is -4.64. The van der Waals surface area contributed by atoms with Gasteiger partial charge in [-0.25, -0.2) is 4.39 Å². The van der Waals surface area contributed by atoms with Gasteiger partial charge in [-0.2, -0.15) is 13.2 Å². The zero-order valence-electron chi connectivity index (χ0n) is 18.0. The first-order chi connectivity index (χ1) is 16.3. The minimum Gasteiger partial charge on any atom is -0.497 e. The molecule has 34 heavy (non-hydrogen) atoms. The second-order valence-corrected chi connectivity index (χ2v) is 8.08. The van der Waals surface area contributed by atoms with Crippen LogP contribution in [-0.4, -0.2) is 24.4 Å². The van der Waals surface area contributed by atoms with E-state index in [1.807, 2.05) is 12.1 Å². The molecule has 0 fully saturated rings. The van der Waals surface area contributed by atoms with Gasteiger partial charge in [-0.15, -0.1) is 10.2 Å². The van der Waals surface area contributed by atoms with Gasteiger partial charge in [0.1, 0.15) is 34.7 Å². The molecule has 0 radical (unpaired) electrons. The van der Waals surface area contributed by atoms with Crippen molar-refractivity contribution < 1.29 is 31.8 Å². The third-order valence-corrected chi connectivity index (χ3v) is 5.92. The van der Waals surface area contributed by atoms with Crippen molar-refractivity contribution >= 4 is 11.3 Å². The summed E-state index contributed by atoms with van der Waals surface area (Å²) in [5.41, 5.74) is 1.60. The quantitative estimate of drug-likeness (QED) is 0.272. The zero-order chi connectivity index (χ0) is 24.3. The third-order valence-electron chi connectivity index (χ3n) is 4.92. The summed E-state index contributed by atoms with van der Waals surface area (Å²) in [4.78, 5) is 0. The molecule has 0 saturated carbocycles. The Bertz CT molecular complexity index is 1290. The van der Waals surface area contributed by atoms with Crippen LogP contribution < -0.4 is 14.2 Å². The second-order valence-electron chi connectivity index (χ2n) is 7.10. The Kier molecular flexibility index (Phi) is 6.69. The first-order valence-corrected chi connectivity index (χ1v) is 10.7. The van der Waals surface area contributed by atoms with Crippen molar-refractivity contribution in [2.75, 3.05) is 14.2 Å². The van der Waals surface area contributed by atoms with Crippen LogP contribution in [0.2, 0.25) is 0 Å². The molecular weight excluding hydrogens is 472 g/mol. The summed E-state index contributed by atoms with van der Waals surface area (Å²) >= 11 is 0.374. The fourth-order valence-electron chi connectivity index (χ4n) is 3.20. The second kappa shape index (κ2) is 9.68. The van der Waals surface area contributed by atoms with E-state index >= 15 is 0 Å². The highest BCUT2D eigenvalue weighted by atomic mass is 32.1. The number of hydrogen-bond acceptors (Lipinski definition) is 6. The Balaban J connectivity index is 1.73. The predicted octanol–water partition coefficient (Wildman–Crippen LogP) is 6.63. The van der Waals surface area contributed by atoms with Crippen molar-refractivity contribution in [3.05, 3.63) is 77.1 Å². The number of halogens is 4. The van der Waals surface area contributed by atoms with Crippen molar-refractivity contribution in [3.63, 3.8) is 0 Å². The molecular formula is C24H18F4N2O3S. The lowest BCUT2D eigenvalue weighted by Crippen LogP contribution is -2.03. The first-order valence-electron chi connectivity index (χ1n) is 9.93. The van der Waals surface area contributed by atoms with Crippen molar-refractivity contribution in [2.45, 2.75) is 12.8 Å². The number of methoxy groups -OCH3 is 2. The van der Waals surface area contributed by atoms with Crippen molar-refractivity contribution in [1.29, 1.82) is 0 Å². The van der Waals surface area contributed by atoms with Crippen LogP contribution in [0.3, 0.4) is 0 Å². The standard InChI is InChI=1S/C24H18F4N2O3S/c1-31-15-5-3-14(4-6-15)13-33-17-7-9-18(19-11-16(32-2)8-10-21(19)25)20(12-17)22-29-30-23(34-22)24(26,27)28/h3-12H,13H2,1-2H3. The van der Waals surface area contributed by atoms with Gasteiger partial charge in [-0.05, 0) is 59.7 Å². The molecule has 5 nitrogen and oxygen atoms in total. The van der Waals surface area contributed by atoms with Gasteiger partial charge in [-0.3, -0.25) is 0 Å². The Morgan fingerprint density at radius 2 is 1.41 bits per heavy atom. The van der Waals surface area contributed by atoms with E-state index in [2.05, 4.69) is 10.2 Å². The zero-order valence-corrected chi connectivity index (χ0v) is 18.8. The molecule has 0 amide bonds. The molecule has 0 saturated heterocycles. The summed E-state index contributed by atoms with van der Waals surface area (Å²) < 4.78 is 70.3. The molecule has 10 heteroatoms. The number of ether oxygens (including phenoxy) is 3. The Morgan fingerprint density at radius 3 is 2.06 bits per heavy atom. The molecule has 4 rings (SSSR count). The monoisotopic (exact) mass is 490 g/mol. The van der Waals surface area contributed by atoms with Gasteiger partial charge in [0.15, 0.2) is 0 Å². The molecule has 1 heterocycles. The fraction of sp³-hybridized carbons (Fsp3) is 0.167. The van der Waals surface area contributed by atoms with Gasteiger partial charge in [0, 0.05) is 11.1 Å². The smallest absolute Gasteiger partial charge is 0.445 e. The molecule has 176 valence electrons. The molecule has 0 bridgehead atoms. The molecule has 0 unspecified atom stereocenters. The lowest BCUT2D eigenvalue weighted by Gasteiger charge is -2.13. The first kappa shape index (κ1) is 23.5. The molecule has 3 aromatic carbocycles. The van der Waals surface area contributed by atoms with Gasteiger partial charge >= 0.3 is 6.18 Å². The number of hydrogen-bond donors (Lipinski definition) is 0. The van der Waals surface area contributed by atoms with E-state index in [0.717, 1.165) is 5.56 Å². The van der Waals surface area contributed by atoms with E-state index in [-0.39, 0.29) is 22.7 Å². The lowest BCUT2D eigenvalue weighted by molar-refractivity contribution is -0.138. The lowest BCUT2D eigenvalue weighted by atomic mass is 9.99. The maximum absolute atomic E-state index is 14.7. The number of alkyl halides is 3. The number of nitrogens with zero attached hydrogens (tertiary/aromatic N) is 2. The highest BCUT2D eigenvalue weighted by Crippen LogP contribution is 2.41. The molecule has 0 aliphatic rings. The van der Waals surface area contributed by atoms with Crippen LogP contribution in [0.4, 0.5) is 17.6 Å². The molecule has 0 atom stereocenters. The van der Waals surface area contributed by atoms with Crippen LogP contribution in [0, 0.1) is 5.82 Å². The van der Waals surface area contributed by atoms with Crippen LogP contribution in [0.5, 0.6) is 17.2 Å². The average Bonchev–Trinajstić information content (AvgIpc) is 3.34. The molecule has 0 aliphatic heterocycles. The van der Waals surface area contributed by atoms with Crippen LogP contribution in [0.1, 0.15) is 10.6 Å². The van der Waals surface area contributed by atoms with Gasteiger partial charge < -0.3 is 14.2 Å². The Morgan fingerprint density at radius 1 is 0.765 bits per heavy atom. The number of rotatable bonds is 7. The normalized spacial score (nSPS) is 11.4. The third kappa shape index (κ3) is 5.12. The summed E-state index contributed by atoms with van der Waals surface area (Å²) in [5, 5.41) is 5.87. The largest absolute Gasteiger partial charge is 0.497 e. The Hall–Kier alpha value is -3.66. The fourth-order valence-corrected chi connectivity index (χ4v) is 3.94. The van der Waals surface area contributed by atoms with Crippen LogP contribution >= 0.6 is 11.3 Å².